The normalized spacial score (nSPS) is 23.4. The van der Waals surface area contributed by atoms with Crippen LogP contribution in [0.25, 0.3) is 0 Å². The van der Waals surface area contributed by atoms with Crippen LogP contribution in [0.15, 0.2) is 54.1 Å². The number of hydrogen-bond donors (Lipinski definition) is 1. The topological polar surface area (TPSA) is 57.6 Å². The van der Waals surface area contributed by atoms with Crippen molar-refractivity contribution in [2.24, 2.45) is 11.8 Å². The summed E-state index contributed by atoms with van der Waals surface area (Å²) in [6, 6.07) is 10.1. The SMILES string of the molecule is O=C(O)CC1CC2CC=CC=C2CN(CCc2ccccc2)C1=O. The first-order chi connectivity index (χ1) is 11.6. The number of carboxylic acids is 1. The fourth-order valence-corrected chi connectivity index (χ4v) is 3.63. The van der Waals surface area contributed by atoms with E-state index in [9.17, 15) is 9.59 Å². The van der Waals surface area contributed by atoms with Crippen molar-refractivity contribution in [3.63, 3.8) is 0 Å². The number of aliphatic carboxylic acids is 1. The van der Waals surface area contributed by atoms with Crippen molar-refractivity contribution in [2.75, 3.05) is 13.1 Å². The van der Waals surface area contributed by atoms with Crippen LogP contribution in [0.3, 0.4) is 0 Å². The smallest absolute Gasteiger partial charge is 0.304 e. The van der Waals surface area contributed by atoms with E-state index in [2.05, 4.69) is 24.3 Å². The van der Waals surface area contributed by atoms with Crippen LogP contribution < -0.4 is 0 Å². The number of hydrogen-bond acceptors (Lipinski definition) is 2. The molecular formula is C20H23NO3. The maximum absolute atomic E-state index is 12.9. The number of rotatable bonds is 5. The Morgan fingerprint density at radius 2 is 2.04 bits per heavy atom. The maximum atomic E-state index is 12.9. The van der Waals surface area contributed by atoms with Crippen molar-refractivity contribution in [3.05, 3.63) is 59.7 Å². The minimum Gasteiger partial charge on any atom is -0.481 e. The quantitative estimate of drug-likeness (QED) is 0.905. The fourth-order valence-electron chi connectivity index (χ4n) is 3.63. The van der Waals surface area contributed by atoms with Gasteiger partial charge < -0.3 is 10.0 Å². The minimum absolute atomic E-state index is 0.0105. The molecule has 4 nitrogen and oxygen atoms in total. The summed E-state index contributed by atoms with van der Waals surface area (Å²) >= 11 is 0. The molecule has 0 spiro atoms. The number of carbonyl (C=O) groups excluding carboxylic acids is 1. The highest BCUT2D eigenvalue weighted by Gasteiger charge is 2.34. The average molecular weight is 325 g/mol. The predicted octanol–water partition coefficient (Wildman–Crippen LogP) is 3.05. The molecule has 1 heterocycles. The summed E-state index contributed by atoms with van der Waals surface area (Å²) in [4.78, 5) is 25.9. The molecule has 24 heavy (non-hydrogen) atoms. The third kappa shape index (κ3) is 3.94. The molecule has 1 N–H and O–H groups in total. The third-order valence-electron chi connectivity index (χ3n) is 4.93. The molecule has 2 unspecified atom stereocenters. The van der Waals surface area contributed by atoms with E-state index in [0.717, 1.165) is 12.8 Å². The lowest BCUT2D eigenvalue weighted by Gasteiger charge is -2.24. The summed E-state index contributed by atoms with van der Waals surface area (Å²) in [5.74, 6) is -1.02. The van der Waals surface area contributed by atoms with E-state index in [4.69, 9.17) is 5.11 Å². The molecule has 3 rings (SSSR count). The first-order valence-electron chi connectivity index (χ1n) is 8.53. The molecule has 0 saturated carbocycles. The summed E-state index contributed by atoms with van der Waals surface area (Å²) < 4.78 is 0. The molecule has 1 saturated heterocycles. The molecule has 0 aromatic heterocycles. The molecule has 1 aliphatic carbocycles. The highest BCUT2D eigenvalue weighted by atomic mass is 16.4. The van der Waals surface area contributed by atoms with Gasteiger partial charge in [0.05, 0.1) is 6.42 Å². The van der Waals surface area contributed by atoms with Gasteiger partial charge in [0.25, 0.3) is 0 Å². The second-order valence-electron chi connectivity index (χ2n) is 6.63. The fraction of sp³-hybridized carbons (Fsp3) is 0.400. The Morgan fingerprint density at radius 3 is 2.79 bits per heavy atom. The number of nitrogens with zero attached hydrogens (tertiary/aromatic N) is 1. The Bertz CT molecular complexity index is 663. The Kier molecular flexibility index (Phi) is 5.14. The molecular weight excluding hydrogens is 302 g/mol. The summed E-state index contributed by atoms with van der Waals surface area (Å²) in [5.41, 5.74) is 2.45. The van der Waals surface area contributed by atoms with Crippen molar-refractivity contribution in [2.45, 2.75) is 25.7 Å². The van der Waals surface area contributed by atoms with Gasteiger partial charge in [-0.2, -0.15) is 0 Å². The first kappa shape index (κ1) is 16.5. The largest absolute Gasteiger partial charge is 0.481 e. The van der Waals surface area contributed by atoms with Crippen LogP contribution in [0, 0.1) is 11.8 Å². The molecule has 1 aromatic rings. The van der Waals surface area contributed by atoms with E-state index >= 15 is 0 Å². The molecule has 126 valence electrons. The number of carboxylic acid groups (broad SMARTS) is 1. The van der Waals surface area contributed by atoms with Gasteiger partial charge in [0, 0.05) is 19.0 Å². The zero-order valence-corrected chi connectivity index (χ0v) is 13.7. The van der Waals surface area contributed by atoms with Gasteiger partial charge in [0.1, 0.15) is 0 Å². The summed E-state index contributed by atoms with van der Waals surface area (Å²) in [6.07, 6.45) is 8.51. The summed E-state index contributed by atoms with van der Waals surface area (Å²) in [6.45, 7) is 1.25. The Hall–Kier alpha value is -2.36. The number of carbonyl (C=O) groups is 2. The lowest BCUT2D eigenvalue weighted by Crippen LogP contribution is -2.37. The summed E-state index contributed by atoms with van der Waals surface area (Å²) in [5, 5.41) is 9.17. The summed E-state index contributed by atoms with van der Waals surface area (Å²) in [7, 11) is 0. The lowest BCUT2D eigenvalue weighted by molar-refractivity contribution is -0.144. The molecule has 1 aromatic carbocycles. The van der Waals surface area contributed by atoms with Gasteiger partial charge in [-0.15, -0.1) is 0 Å². The average Bonchev–Trinajstić information content (AvgIpc) is 2.71. The van der Waals surface area contributed by atoms with Crippen molar-refractivity contribution in [1.29, 1.82) is 0 Å². The second-order valence-corrected chi connectivity index (χ2v) is 6.63. The van der Waals surface area contributed by atoms with Crippen LogP contribution in [0.5, 0.6) is 0 Å². The number of fused-ring (bicyclic) bond motifs is 1. The van der Waals surface area contributed by atoms with Crippen LogP contribution in [0.2, 0.25) is 0 Å². The minimum atomic E-state index is -0.893. The zero-order chi connectivity index (χ0) is 16.9. The highest BCUT2D eigenvalue weighted by molar-refractivity contribution is 5.84. The van der Waals surface area contributed by atoms with Gasteiger partial charge in [0.2, 0.25) is 5.91 Å². The van der Waals surface area contributed by atoms with E-state index in [0.29, 0.717) is 25.4 Å². The molecule has 0 bridgehead atoms. The number of likely N-dealkylation sites (tertiary alicyclic amines) is 1. The van der Waals surface area contributed by atoms with Gasteiger partial charge in [-0.1, -0.05) is 48.6 Å². The molecule has 0 radical (unpaired) electrons. The van der Waals surface area contributed by atoms with Gasteiger partial charge in [-0.25, -0.2) is 0 Å². The standard InChI is InChI=1S/C20H23NO3/c22-19(23)13-18-12-16-8-4-5-9-17(16)14-21(20(18)24)11-10-15-6-2-1-3-7-15/h1-7,9,16,18H,8,10-14H2,(H,22,23). The van der Waals surface area contributed by atoms with Crippen LogP contribution in [0.4, 0.5) is 0 Å². The Morgan fingerprint density at radius 1 is 1.25 bits per heavy atom. The van der Waals surface area contributed by atoms with Gasteiger partial charge in [-0.05, 0) is 36.3 Å². The zero-order valence-electron chi connectivity index (χ0n) is 13.7. The van der Waals surface area contributed by atoms with Crippen molar-refractivity contribution in [1.82, 2.24) is 4.90 Å². The van der Waals surface area contributed by atoms with E-state index in [-0.39, 0.29) is 12.3 Å². The van der Waals surface area contributed by atoms with E-state index < -0.39 is 11.9 Å². The van der Waals surface area contributed by atoms with E-state index in [1.54, 1.807) is 0 Å². The van der Waals surface area contributed by atoms with E-state index in [1.165, 1.54) is 11.1 Å². The van der Waals surface area contributed by atoms with Crippen LogP contribution in [-0.2, 0) is 16.0 Å². The number of benzene rings is 1. The molecule has 1 fully saturated rings. The molecule has 1 aliphatic heterocycles. The molecule has 1 amide bonds. The first-order valence-corrected chi connectivity index (χ1v) is 8.53. The van der Waals surface area contributed by atoms with E-state index in [1.807, 2.05) is 29.2 Å². The highest BCUT2D eigenvalue weighted by Crippen LogP contribution is 2.33. The Labute approximate surface area is 142 Å². The van der Waals surface area contributed by atoms with Crippen molar-refractivity contribution >= 4 is 11.9 Å². The second kappa shape index (κ2) is 7.47. The van der Waals surface area contributed by atoms with Crippen LogP contribution in [-0.4, -0.2) is 35.0 Å². The Balaban J connectivity index is 1.76. The lowest BCUT2D eigenvalue weighted by atomic mass is 9.84. The molecule has 2 aliphatic rings. The maximum Gasteiger partial charge on any atom is 0.304 e. The van der Waals surface area contributed by atoms with Crippen molar-refractivity contribution in [3.8, 4) is 0 Å². The monoisotopic (exact) mass is 325 g/mol. The van der Waals surface area contributed by atoms with Gasteiger partial charge in [0.15, 0.2) is 0 Å². The molecule has 2 atom stereocenters. The number of allylic oxidation sites excluding steroid dienone is 3. The van der Waals surface area contributed by atoms with Gasteiger partial charge in [-0.3, -0.25) is 9.59 Å². The van der Waals surface area contributed by atoms with Crippen molar-refractivity contribution < 1.29 is 14.7 Å². The van der Waals surface area contributed by atoms with Crippen LogP contribution in [0.1, 0.15) is 24.8 Å². The third-order valence-corrected chi connectivity index (χ3v) is 4.93. The van der Waals surface area contributed by atoms with Gasteiger partial charge >= 0.3 is 5.97 Å². The predicted molar refractivity (Wildman–Crippen MR) is 92.4 cm³/mol. The van der Waals surface area contributed by atoms with Crippen LogP contribution >= 0.6 is 0 Å². The molecule has 4 heteroatoms. The number of amides is 1.